The second-order valence-electron chi connectivity index (χ2n) is 2.78. The molecular formula is C9H7BrClN3. The zero-order valence-corrected chi connectivity index (χ0v) is 9.46. The summed E-state index contributed by atoms with van der Waals surface area (Å²) in [5.41, 5.74) is 7.13. The first-order valence-electron chi connectivity index (χ1n) is 3.93. The number of nitrogen functional groups attached to an aromatic ring is 1. The van der Waals surface area contributed by atoms with Crippen LogP contribution in [-0.2, 0) is 0 Å². The first-order chi connectivity index (χ1) is 6.68. The molecule has 1 aromatic carbocycles. The van der Waals surface area contributed by atoms with Crippen LogP contribution in [0.5, 0.6) is 0 Å². The molecule has 72 valence electrons. The number of rotatable bonds is 1. The molecule has 0 fully saturated rings. The summed E-state index contributed by atoms with van der Waals surface area (Å²) in [6, 6.07) is 5.45. The lowest BCUT2D eigenvalue weighted by molar-refractivity contribution is 0.883. The second-order valence-corrected chi connectivity index (χ2v) is 4.10. The lowest BCUT2D eigenvalue weighted by Gasteiger charge is -2.06. The van der Waals surface area contributed by atoms with Gasteiger partial charge in [0.2, 0.25) is 0 Å². The van der Waals surface area contributed by atoms with E-state index >= 15 is 0 Å². The summed E-state index contributed by atoms with van der Waals surface area (Å²) in [4.78, 5) is 0. The number of anilines is 1. The number of benzene rings is 1. The van der Waals surface area contributed by atoms with E-state index in [1.54, 1.807) is 16.9 Å². The molecule has 0 unspecified atom stereocenters. The molecule has 14 heavy (non-hydrogen) atoms. The van der Waals surface area contributed by atoms with Crippen LogP contribution < -0.4 is 5.73 Å². The van der Waals surface area contributed by atoms with Gasteiger partial charge in [-0.15, -0.1) is 0 Å². The molecule has 1 aromatic heterocycles. The maximum atomic E-state index is 5.89. The number of hydrogen-bond donors (Lipinski definition) is 1. The summed E-state index contributed by atoms with van der Waals surface area (Å²) in [7, 11) is 0. The number of hydrogen-bond acceptors (Lipinski definition) is 2. The predicted molar refractivity (Wildman–Crippen MR) is 60.7 cm³/mol. The fourth-order valence-corrected chi connectivity index (χ4v) is 1.61. The van der Waals surface area contributed by atoms with Gasteiger partial charge < -0.3 is 5.73 Å². The molecule has 0 amide bonds. The van der Waals surface area contributed by atoms with Gasteiger partial charge in [-0.2, -0.15) is 5.10 Å². The molecule has 3 nitrogen and oxygen atoms in total. The van der Waals surface area contributed by atoms with Crippen molar-refractivity contribution in [1.29, 1.82) is 0 Å². The number of nitrogens with zero attached hydrogens (tertiary/aromatic N) is 2. The molecule has 0 aliphatic rings. The van der Waals surface area contributed by atoms with E-state index in [4.69, 9.17) is 17.3 Å². The van der Waals surface area contributed by atoms with Crippen LogP contribution in [0.3, 0.4) is 0 Å². The number of halogens is 2. The fourth-order valence-electron chi connectivity index (χ4n) is 1.16. The van der Waals surface area contributed by atoms with Gasteiger partial charge >= 0.3 is 0 Å². The summed E-state index contributed by atoms with van der Waals surface area (Å²) in [5.74, 6) is 0. The van der Waals surface area contributed by atoms with Crippen molar-refractivity contribution in [2.45, 2.75) is 0 Å². The highest BCUT2D eigenvalue weighted by Gasteiger charge is 2.05. The highest BCUT2D eigenvalue weighted by molar-refractivity contribution is 9.10. The van der Waals surface area contributed by atoms with Gasteiger partial charge in [0, 0.05) is 6.20 Å². The minimum atomic E-state index is 0.532. The van der Waals surface area contributed by atoms with E-state index in [0.717, 1.165) is 10.2 Å². The number of para-hydroxylation sites is 1. The Morgan fingerprint density at radius 1 is 1.43 bits per heavy atom. The topological polar surface area (TPSA) is 43.8 Å². The molecule has 0 aliphatic heterocycles. The normalized spacial score (nSPS) is 10.4. The van der Waals surface area contributed by atoms with Crippen LogP contribution in [0.25, 0.3) is 5.69 Å². The molecule has 5 heteroatoms. The Balaban J connectivity index is 2.57. The van der Waals surface area contributed by atoms with Crippen molar-refractivity contribution in [3.8, 4) is 5.69 Å². The zero-order chi connectivity index (χ0) is 10.1. The molecule has 0 saturated carbocycles. The number of aromatic nitrogens is 2. The zero-order valence-electron chi connectivity index (χ0n) is 7.11. The van der Waals surface area contributed by atoms with E-state index in [0.29, 0.717) is 10.7 Å². The van der Waals surface area contributed by atoms with Crippen LogP contribution >= 0.6 is 27.5 Å². The van der Waals surface area contributed by atoms with Gasteiger partial charge in [0.25, 0.3) is 0 Å². The highest BCUT2D eigenvalue weighted by atomic mass is 79.9. The first kappa shape index (κ1) is 9.55. The van der Waals surface area contributed by atoms with Crippen molar-refractivity contribution >= 4 is 33.2 Å². The molecule has 2 N–H and O–H groups in total. The number of nitrogens with two attached hydrogens (primary N) is 1. The monoisotopic (exact) mass is 271 g/mol. The van der Waals surface area contributed by atoms with Crippen LogP contribution in [0, 0.1) is 0 Å². The molecule has 0 bridgehead atoms. The van der Waals surface area contributed by atoms with E-state index in [-0.39, 0.29) is 0 Å². The van der Waals surface area contributed by atoms with E-state index in [1.807, 2.05) is 18.3 Å². The second kappa shape index (κ2) is 3.63. The van der Waals surface area contributed by atoms with Crippen molar-refractivity contribution in [3.63, 3.8) is 0 Å². The molecule has 0 spiro atoms. The fraction of sp³-hybridized carbons (Fsp3) is 0. The van der Waals surface area contributed by atoms with E-state index in [2.05, 4.69) is 21.0 Å². The van der Waals surface area contributed by atoms with Crippen LogP contribution in [0.15, 0.2) is 35.1 Å². The molecular weight excluding hydrogens is 265 g/mol. The highest BCUT2D eigenvalue weighted by Crippen LogP contribution is 2.25. The summed E-state index contributed by atoms with van der Waals surface area (Å²) in [6.07, 6.45) is 3.52. The molecule has 0 aliphatic carbocycles. The average molecular weight is 273 g/mol. The molecule has 0 radical (unpaired) electrons. The van der Waals surface area contributed by atoms with Gasteiger partial charge in [0.15, 0.2) is 0 Å². The van der Waals surface area contributed by atoms with Gasteiger partial charge in [0.05, 0.1) is 27.1 Å². The lowest BCUT2D eigenvalue weighted by Crippen LogP contribution is -2.00. The Morgan fingerprint density at radius 2 is 2.21 bits per heavy atom. The standard InChI is InChI=1S/C9H7BrClN3/c10-6-4-13-14(5-6)8-3-1-2-7(11)9(8)12/h1-5H,12H2. The Hall–Kier alpha value is -1.00. The van der Waals surface area contributed by atoms with Crippen LogP contribution in [0.2, 0.25) is 5.02 Å². The molecule has 2 rings (SSSR count). The van der Waals surface area contributed by atoms with Crippen LogP contribution in [-0.4, -0.2) is 9.78 Å². The Labute approximate surface area is 94.6 Å². The average Bonchev–Trinajstić information content (AvgIpc) is 2.57. The molecule has 0 atom stereocenters. The van der Waals surface area contributed by atoms with Gasteiger partial charge in [-0.1, -0.05) is 17.7 Å². The maximum absolute atomic E-state index is 5.89. The molecule has 2 aromatic rings. The van der Waals surface area contributed by atoms with Gasteiger partial charge in [-0.25, -0.2) is 4.68 Å². The van der Waals surface area contributed by atoms with E-state index < -0.39 is 0 Å². The van der Waals surface area contributed by atoms with Crippen LogP contribution in [0.1, 0.15) is 0 Å². The van der Waals surface area contributed by atoms with E-state index in [9.17, 15) is 0 Å². The largest absolute Gasteiger partial charge is 0.396 e. The third kappa shape index (κ3) is 1.63. The van der Waals surface area contributed by atoms with Crippen molar-refractivity contribution in [2.24, 2.45) is 0 Å². The quantitative estimate of drug-likeness (QED) is 0.811. The predicted octanol–water partition coefficient (Wildman–Crippen LogP) is 2.87. The molecule has 0 saturated heterocycles. The van der Waals surface area contributed by atoms with Gasteiger partial charge in [0.1, 0.15) is 0 Å². The summed E-state index contributed by atoms with van der Waals surface area (Å²) in [5, 5.41) is 4.66. The van der Waals surface area contributed by atoms with Crippen molar-refractivity contribution < 1.29 is 0 Å². The summed E-state index contributed by atoms with van der Waals surface area (Å²) < 4.78 is 2.57. The summed E-state index contributed by atoms with van der Waals surface area (Å²) in [6.45, 7) is 0. The summed E-state index contributed by atoms with van der Waals surface area (Å²) >= 11 is 9.21. The molecule has 1 heterocycles. The Bertz CT molecular complexity index is 467. The minimum absolute atomic E-state index is 0.532. The third-order valence-corrected chi connectivity index (χ3v) is 2.57. The first-order valence-corrected chi connectivity index (χ1v) is 5.10. The van der Waals surface area contributed by atoms with Gasteiger partial charge in [-0.05, 0) is 28.1 Å². The van der Waals surface area contributed by atoms with Crippen molar-refractivity contribution in [3.05, 3.63) is 40.1 Å². The van der Waals surface area contributed by atoms with Crippen molar-refractivity contribution in [2.75, 3.05) is 5.73 Å². The van der Waals surface area contributed by atoms with Gasteiger partial charge in [-0.3, -0.25) is 0 Å². The smallest absolute Gasteiger partial charge is 0.0890 e. The lowest BCUT2D eigenvalue weighted by atomic mass is 10.3. The van der Waals surface area contributed by atoms with E-state index in [1.165, 1.54) is 0 Å². The maximum Gasteiger partial charge on any atom is 0.0890 e. The SMILES string of the molecule is Nc1c(Cl)cccc1-n1cc(Br)cn1. The Kier molecular flexibility index (Phi) is 2.48. The third-order valence-electron chi connectivity index (χ3n) is 1.83. The Morgan fingerprint density at radius 3 is 2.86 bits per heavy atom. The minimum Gasteiger partial charge on any atom is -0.396 e. The van der Waals surface area contributed by atoms with Crippen molar-refractivity contribution in [1.82, 2.24) is 9.78 Å². The van der Waals surface area contributed by atoms with Crippen LogP contribution in [0.4, 0.5) is 5.69 Å².